The number of fused-ring (bicyclic) bond motifs is 2. The van der Waals surface area contributed by atoms with Crippen LogP contribution < -0.4 is 20.4 Å². The second kappa shape index (κ2) is 21.2. The fourth-order valence-corrected chi connectivity index (χ4v) is 7.42. The molecule has 4 aliphatic heterocycles. The van der Waals surface area contributed by atoms with Crippen LogP contribution in [0.5, 0.6) is 23.0 Å². The van der Waals surface area contributed by atoms with Crippen molar-refractivity contribution < 1.29 is 57.7 Å². The first kappa shape index (κ1) is 44.1. The smallest absolute Gasteiger partial charge is 0.481 e. The quantitative estimate of drug-likeness (QED) is 0.131. The first-order valence-electron chi connectivity index (χ1n) is 19.7. The van der Waals surface area contributed by atoms with Gasteiger partial charge in [-0.2, -0.15) is 0 Å². The SMILES string of the molecule is CCOC(=O)CC1OB(O)c2cc(Oc3cccc(CN4CCOCC4)c3)ccc21.Cl.O=C(O)CC1OB(O)c2cc(Oc3cccc(CN4CCOCC4)c3)ccc21. The Kier molecular flexibility index (Phi) is 15.8. The zero-order chi connectivity index (χ0) is 40.4. The number of hydrogen-bond donors (Lipinski definition) is 3. The predicted molar refractivity (Wildman–Crippen MR) is 222 cm³/mol. The van der Waals surface area contributed by atoms with E-state index in [0.717, 1.165) is 82.6 Å². The number of carbonyl (C=O) groups excluding carboxylic acids is 1. The van der Waals surface area contributed by atoms with Crippen molar-refractivity contribution in [2.45, 2.75) is 45.1 Å². The molecule has 0 amide bonds. The van der Waals surface area contributed by atoms with E-state index in [1.807, 2.05) is 48.5 Å². The number of nitrogens with zero attached hydrogens (tertiary/aromatic N) is 2. The Bertz CT molecular complexity index is 2030. The number of hydrogen-bond acceptors (Lipinski definition) is 13. The molecule has 0 spiro atoms. The highest BCUT2D eigenvalue weighted by Gasteiger charge is 2.38. The van der Waals surface area contributed by atoms with E-state index in [4.69, 9.17) is 38.1 Å². The summed E-state index contributed by atoms with van der Waals surface area (Å²) in [6.07, 6.45) is -1.27. The summed E-state index contributed by atoms with van der Waals surface area (Å²) >= 11 is 0. The van der Waals surface area contributed by atoms with E-state index in [9.17, 15) is 19.6 Å². The highest BCUT2D eigenvalue weighted by molar-refractivity contribution is 6.62. The number of aliphatic carboxylic acids is 1. The third-order valence-electron chi connectivity index (χ3n) is 10.2. The van der Waals surface area contributed by atoms with Crippen molar-refractivity contribution in [3.63, 3.8) is 0 Å². The molecule has 17 heteroatoms. The van der Waals surface area contributed by atoms with Gasteiger partial charge in [0.1, 0.15) is 23.0 Å². The summed E-state index contributed by atoms with van der Waals surface area (Å²) in [5.41, 5.74) is 4.96. The lowest BCUT2D eigenvalue weighted by Crippen LogP contribution is -2.35. The van der Waals surface area contributed by atoms with Gasteiger partial charge in [-0.1, -0.05) is 36.4 Å². The molecule has 0 aromatic heterocycles. The lowest BCUT2D eigenvalue weighted by molar-refractivity contribution is -0.145. The summed E-state index contributed by atoms with van der Waals surface area (Å²) in [5.74, 6) is 1.30. The second-order valence-corrected chi connectivity index (χ2v) is 14.4. The topological polar surface area (TPSA) is 166 Å². The third kappa shape index (κ3) is 12.1. The number of carbonyl (C=O) groups is 2. The predicted octanol–water partition coefficient (Wildman–Crippen LogP) is 3.99. The Hall–Kier alpha value is -4.48. The summed E-state index contributed by atoms with van der Waals surface area (Å²) < 4.78 is 38.7. The Morgan fingerprint density at radius 3 is 1.54 bits per heavy atom. The number of halogens is 1. The average Bonchev–Trinajstić information content (AvgIpc) is 3.69. The summed E-state index contributed by atoms with van der Waals surface area (Å²) in [4.78, 5) is 27.4. The Labute approximate surface area is 350 Å². The zero-order valence-corrected chi connectivity index (χ0v) is 33.7. The van der Waals surface area contributed by atoms with Crippen molar-refractivity contribution in [1.29, 1.82) is 0 Å². The van der Waals surface area contributed by atoms with Crippen molar-refractivity contribution in [2.24, 2.45) is 0 Å². The number of ether oxygens (including phenoxy) is 5. The summed E-state index contributed by atoms with van der Waals surface area (Å²) in [6.45, 7) is 10.5. The number of carboxylic acid groups (broad SMARTS) is 1. The minimum atomic E-state index is -1.14. The van der Waals surface area contributed by atoms with Crippen molar-refractivity contribution >= 4 is 49.5 Å². The van der Waals surface area contributed by atoms with E-state index in [1.165, 1.54) is 5.56 Å². The van der Waals surface area contributed by atoms with Crippen LogP contribution in [0.15, 0.2) is 84.9 Å². The minimum Gasteiger partial charge on any atom is -0.481 e. The summed E-state index contributed by atoms with van der Waals surface area (Å²) in [7, 11) is -2.23. The average molecular weight is 831 g/mol. The molecule has 14 nitrogen and oxygen atoms in total. The van der Waals surface area contributed by atoms with Gasteiger partial charge in [-0.25, -0.2) is 0 Å². The van der Waals surface area contributed by atoms with E-state index < -0.39 is 32.4 Å². The van der Waals surface area contributed by atoms with Gasteiger partial charge in [-0.3, -0.25) is 19.4 Å². The molecule has 4 aliphatic rings. The first-order valence-corrected chi connectivity index (χ1v) is 19.7. The van der Waals surface area contributed by atoms with Gasteiger partial charge in [0.2, 0.25) is 0 Å². The normalized spacial score (nSPS) is 18.8. The van der Waals surface area contributed by atoms with Crippen molar-refractivity contribution in [2.75, 3.05) is 59.2 Å². The highest BCUT2D eigenvalue weighted by Crippen LogP contribution is 2.32. The maximum atomic E-state index is 11.8. The van der Waals surface area contributed by atoms with Crippen LogP contribution in [0.3, 0.4) is 0 Å². The molecule has 4 heterocycles. The fourth-order valence-electron chi connectivity index (χ4n) is 7.42. The highest BCUT2D eigenvalue weighted by atomic mass is 35.5. The molecule has 0 radical (unpaired) electrons. The molecule has 0 bridgehead atoms. The number of morpholine rings is 2. The van der Waals surface area contributed by atoms with Crippen molar-refractivity contribution in [1.82, 2.24) is 9.80 Å². The van der Waals surface area contributed by atoms with Crippen LogP contribution in [-0.2, 0) is 46.2 Å². The van der Waals surface area contributed by atoms with Crippen LogP contribution in [0, 0.1) is 0 Å². The van der Waals surface area contributed by atoms with Gasteiger partial charge in [-0.05, 0) is 88.6 Å². The van der Waals surface area contributed by atoms with Gasteiger partial charge in [0.05, 0.1) is 58.1 Å². The van der Waals surface area contributed by atoms with E-state index in [1.54, 1.807) is 31.2 Å². The molecule has 8 rings (SSSR count). The van der Waals surface area contributed by atoms with E-state index in [2.05, 4.69) is 21.9 Å². The lowest BCUT2D eigenvalue weighted by Gasteiger charge is -2.26. The molecule has 4 aromatic carbocycles. The Morgan fingerprint density at radius 1 is 0.661 bits per heavy atom. The van der Waals surface area contributed by atoms with Gasteiger partial charge < -0.3 is 48.1 Å². The van der Waals surface area contributed by atoms with Crippen LogP contribution >= 0.6 is 12.4 Å². The van der Waals surface area contributed by atoms with Gasteiger partial charge in [0, 0.05) is 39.3 Å². The third-order valence-corrected chi connectivity index (χ3v) is 10.2. The Balaban J connectivity index is 0.000000195. The largest absolute Gasteiger partial charge is 0.492 e. The fraction of sp³-hybridized carbons (Fsp3) is 0.381. The molecule has 2 saturated heterocycles. The maximum absolute atomic E-state index is 11.8. The molecule has 0 aliphatic carbocycles. The number of esters is 1. The van der Waals surface area contributed by atoms with Crippen LogP contribution in [0.2, 0.25) is 0 Å². The van der Waals surface area contributed by atoms with Crippen LogP contribution in [0.4, 0.5) is 0 Å². The molecule has 4 aromatic rings. The minimum absolute atomic E-state index is 0. The number of benzene rings is 4. The molecule has 312 valence electrons. The molecular formula is C42H49B2ClN2O12. The van der Waals surface area contributed by atoms with E-state index in [-0.39, 0.29) is 31.2 Å². The van der Waals surface area contributed by atoms with Crippen LogP contribution in [-0.4, -0.2) is 110 Å². The number of carboxylic acids is 1. The zero-order valence-electron chi connectivity index (χ0n) is 32.9. The Morgan fingerprint density at radius 2 is 1.10 bits per heavy atom. The molecular weight excluding hydrogens is 782 g/mol. The molecule has 2 fully saturated rings. The first-order chi connectivity index (χ1) is 28.2. The maximum Gasteiger partial charge on any atom is 0.492 e. The van der Waals surface area contributed by atoms with Crippen LogP contribution in [0.1, 0.15) is 54.2 Å². The molecule has 59 heavy (non-hydrogen) atoms. The standard InChI is InChI=1S/C22H26BNO6.C20H22BNO6.ClH/c1-2-28-22(25)14-21-19-7-6-18(13-20(19)23(26)30-21)29-17-5-3-4-16(12-17)15-24-8-10-27-11-9-24;23-20(24)12-19-17-5-4-16(11-18(17)21(25)28-19)27-15-3-1-2-14(10-15)13-22-6-8-26-9-7-22;/h3-7,12-13,21,26H,2,8-11,14-15H2,1H3;1-5,10-11,19,25H,6-9,12-13H2,(H,23,24);1H. The van der Waals surface area contributed by atoms with Gasteiger partial charge >= 0.3 is 26.2 Å². The van der Waals surface area contributed by atoms with Gasteiger partial charge in [-0.15, -0.1) is 12.4 Å². The number of rotatable bonds is 13. The van der Waals surface area contributed by atoms with Crippen molar-refractivity contribution in [3.8, 4) is 23.0 Å². The lowest BCUT2D eigenvalue weighted by atomic mass is 9.79. The molecule has 2 unspecified atom stereocenters. The van der Waals surface area contributed by atoms with E-state index >= 15 is 0 Å². The molecule has 3 N–H and O–H groups in total. The van der Waals surface area contributed by atoms with Crippen LogP contribution in [0.25, 0.3) is 0 Å². The van der Waals surface area contributed by atoms with E-state index in [0.29, 0.717) is 40.3 Å². The second-order valence-electron chi connectivity index (χ2n) is 14.4. The van der Waals surface area contributed by atoms with Crippen molar-refractivity contribution in [3.05, 3.63) is 107 Å². The van der Waals surface area contributed by atoms with Gasteiger partial charge in [0.15, 0.2) is 0 Å². The molecule has 2 atom stereocenters. The summed E-state index contributed by atoms with van der Waals surface area (Å²) in [6, 6.07) is 26.6. The molecule has 0 saturated carbocycles. The summed E-state index contributed by atoms with van der Waals surface area (Å²) in [5, 5.41) is 29.3. The van der Waals surface area contributed by atoms with Gasteiger partial charge in [0.25, 0.3) is 0 Å². The monoisotopic (exact) mass is 830 g/mol.